The molecule has 92 valence electrons. The third-order valence-corrected chi connectivity index (χ3v) is 2.60. The van der Waals surface area contributed by atoms with Gasteiger partial charge >= 0.3 is 0 Å². The zero-order valence-corrected chi connectivity index (χ0v) is 11.1. The summed E-state index contributed by atoms with van der Waals surface area (Å²) < 4.78 is 5.11. The molecular weight excluding hydrogens is 222 g/mol. The summed E-state index contributed by atoms with van der Waals surface area (Å²) in [5.74, 6) is 1.60. The van der Waals surface area contributed by atoms with Gasteiger partial charge in [-0.1, -0.05) is 26.0 Å². The molecule has 16 heavy (non-hydrogen) atoms. The molecule has 1 unspecified atom stereocenters. The van der Waals surface area contributed by atoms with E-state index in [9.17, 15) is 0 Å². The maximum absolute atomic E-state index is 6.09. The van der Waals surface area contributed by atoms with Crippen LogP contribution in [-0.4, -0.2) is 7.11 Å². The van der Waals surface area contributed by atoms with Gasteiger partial charge in [-0.25, -0.2) is 0 Å². The minimum absolute atomic E-state index is 0. The number of halogens is 1. The van der Waals surface area contributed by atoms with Crippen molar-refractivity contribution in [3.8, 4) is 5.75 Å². The Bertz CT molecular complexity index is 284. The normalized spacial score (nSPS) is 12.1. The molecule has 0 heterocycles. The van der Waals surface area contributed by atoms with Crippen LogP contribution in [0.15, 0.2) is 24.3 Å². The van der Waals surface area contributed by atoms with Crippen molar-refractivity contribution in [3.63, 3.8) is 0 Å². The SMILES string of the molecule is COc1ccc(C(N)CCC(C)C)cc1.Cl. The van der Waals surface area contributed by atoms with E-state index in [1.165, 1.54) is 12.0 Å². The first kappa shape index (κ1) is 15.3. The van der Waals surface area contributed by atoms with Crippen LogP contribution < -0.4 is 10.5 Å². The van der Waals surface area contributed by atoms with Crippen LogP contribution in [0, 0.1) is 5.92 Å². The predicted octanol–water partition coefficient (Wildman–Crippen LogP) is 3.55. The lowest BCUT2D eigenvalue weighted by atomic mass is 9.98. The molecule has 0 fully saturated rings. The summed E-state index contributed by atoms with van der Waals surface area (Å²) in [6, 6.07) is 8.17. The zero-order valence-electron chi connectivity index (χ0n) is 10.3. The molecule has 0 aliphatic rings. The molecule has 1 aromatic carbocycles. The topological polar surface area (TPSA) is 35.2 Å². The van der Waals surface area contributed by atoms with Crippen molar-refractivity contribution in [1.29, 1.82) is 0 Å². The molecule has 0 aromatic heterocycles. The highest BCUT2D eigenvalue weighted by Crippen LogP contribution is 2.20. The number of benzene rings is 1. The molecular formula is C13H22ClNO. The highest BCUT2D eigenvalue weighted by molar-refractivity contribution is 5.85. The smallest absolute Gasteiger partial charge is 0.118 e. The van der Waals surface area contributed by atoms with Crippen molar-refractivity contribution in [1.82, 2.24) is 0 Å². The van der Waals surface area contributed by atoms with E-state index in [0.717, 1.165) is 12.2 Å². The molecule has 0 radical (unpaired) electrons. The number of rotatable bonds is 5. The van der Waals surface area contributed by atoms with Crippen LogP contribution in [-0.2, 0) is 0 Å². The van der Waals surface area contributed by atoms with Gasteiger partial charge in [0.05, 0.1) is 7.11 Å². The molecule has 0 aliphatic heterocycles. The summed E-state index contributed by atoms with van der Waals surface area (Å²) >= 11 is 0. The Hall–Kier alpha value is -0.730. The van der Waals surface area contributed by atoms with Gasteiger partial charge in [0.25, 0.3) is 0 Å². The zero-order chi connectivity index (χ0) is 11.3. The van der Waals surface area contributed by atoms with Crippen LogP contribution in [0.1, 0.15) is 38.3 Å². The minimum Gasteiger partial charge on any atom is -0.497 e. The molecule has 3 heteroatoms. The van der Waals surface area contributed by atoms with E-state index in [1.807, 2.05) is 24.3 Å². The third kappa shape index (κ3) is 4.86. The number of hydrogen-bond acceptors (Lipinski definition) is 2. The van der Waals surface area contributed by atoms with Gasteiger partial charge in [-0.3, -0.25) is 0 Å². The van der Waals surface area contributed by atoms with Crippen molar-refractivity contribution >= 4 is 12.4 Å². The van der Waals surface area contributed by atoms with Gasteiger partial charge in [0.15, 0.2) is 0 Å². The van der Waals surface area contributed by atoms with Crippen molar-refractivity contribution in [2.24, 2.45) is 11.7 Å². The quantitative estimate of drug-likeness (QED) is 0.859. The van der Waals surface area contributed by atoms with Gasteiger partial charge in [-0.05, 0) is 36.5 Å². The van der Waals surface area contributed by atoms with Gasteiger partial charge in [-0.2, -0.15) is 0 Å². The summed E-state index contributed by atoms with van der Waals surface area (Å²) in [6.45, 7) is 4.45. The second-order valence-electron chi connectivity index (χ2n) is 4.35. The van der Waals surface area contributed by atoms with Crippen LogP contribution in [0.5, 0.6) is 5.75 Å². The molecule has 2 nitrogen and oxygen atoms in total. The van der Waals surface area contributed by atoms with Crippen molar-refractivity contribution in [3.05, 3.63) is 29.8 Å². The molecule has 0 spiro atoms. The molecule has 0 aliphatic carbocycles. The summed E-state index contributed by atoms with van der Waals surface area (Å²) in [5, 5.41) is 0. The monoisotopic (exact) mass is 243 g/mol. The Kier molecular flexibility index (Phi) is 7.18. The number of methoxy groups -OCH3 is 1. The molecule has 1 atom stereocenters. The molecule has 1 aromatic rings. The van der Waals surface area contributed by atoms with E-state index in [0.29, 0.717) is 5.92 Å². The second-order valence-corrected chi connectivity index (χ2v) is 4.35. The fourth-order valence-corrected chi connectivity index (χ4v) is 1.53. The second kappa shape index (κ2) is 7.53. The first-order valence-corrected chi connectivity index (χ1v) is 5.53. The van der Waals surface area contributed by atoms with Gasteiger partial charge in [-0.15, -0.1) is 12.4 Å². The van der Waals surface area contributed by atoms with Gasteiger partial charge in [0, 0.05) is 6.04 Å². The lowest BCUT2D eigenvalue weighted by Gasteiger charge is -2.13. The maximum atomic E-state index is 6.09. The highest BCUT2D eigenvalue weighted by atomic mass is 35.5. The fourth-order valence-electron chi connectivity index (χ4n) is 1.53. The largest absolute Gasteiger partial charge is 0.497 e. The van der Waals surface area contributed by atoms with E-state index in [1.54, 1.807) is 7.11 Å². The van der Waals surface area contributed by atoms with E-state index in [4.69, 9.17) is 10.5 Å². The Morgan fingerprint density at radius 1 is 1.12 bits per heavy atom. The van der Waals surface area contributed by atoms with Crippen LogP contribution in [0.2, 0.25) is 0 Å². The standard InChI is InChI=1S/C13H21NO.ClH/c1-10(2)4-9-13(14)11-5-7-12(15-3)8-6-11;/h5-8,10,13H,4,9,14H2,1-3H3;1H. The van der Waals surface area contributed by atoms with E-state index < -0.39 is 0 Å². The Labute approximate surface area is 105 Å². The van der Waals surface area contributed by atoms with Crippen molar-refractivity contribution in [2.75, 3.05) is 7.11 Å². The van der Waals surface area contributed by atoms with Crippen molar-refractivity contribution < 1.29 is 4.74 Å². The van der Waals surface area contributed by atoms with Crippen molar-refractivity contribution in [2.45, 2.75) is 32.7 Å². The van der Waals surface area contributed by atoms with Gasteiger partial charge in [0.2, 0.25) is 0 Å². The Morgan fingerprint density at radius 3 is 2.12 bits per heavy atom. The molecule has 1 rings (SSSR count). The first-order chi connectivity index (χ1) is 7.13. The fraction of sp³-hybridized carbons (Fsp3) is 0.538. The Morgan fingerprint density at radius 2 is 1.69 bits per heavy atom. The van der Waals surface area contributed by atoms with Crippen LogP contribution in [0.3, 0.4) is 0 Å². The summed E-state index contributed by atoms with van der Waals surface area (Å²) in [4.78, 5) is 0. The first-order valence-electron chi connectivity index (χ1n) is 5.53. The molecule has 0 bridgehead atoms. The molecule has 0 saturated carbocycles. The van der Waals surface area contributed by atoms with Crippen LogP contribution in [0.4, 0.5) is 0 Å². The van der Waals surface area contributed by atoms with Gasteiger partial charge < -0.3 is 10.5 Å². The predicted molar refractivity (Wildman–Crippen MR) is 71.2 cm³/mol. The molecule has 0 amide bonds. The lowest BCUT2D eigenvalue weighted by Crippen LogP contribution is -2.11. The number of hydrogen-bond donors (Lipinski definition) is 1. The number of ether oxygens (including phenoxy) is 1. The number of nitrogens with two attached hydrogens (primary N) is 1. The molecule has 2 N–H and O–H groups in total. The van der Waals surface area contributed by atoms with E-state index in [2.05, 4.69) is 13.8 Å². The van der Waals surface area contributed by atoms with E-state index >= 15 is 0 Å². The maximum Gasteiger partial charge on any atom is 0.118 e. The highest BCUT2D eigenvalue weighted by Gasteiger charge is 2.06. The van der Waals surface area contributed by atoms with Crippen LogP contribution in [0.25, 0.3) is 0 Å². The van der Waals surface area contributed by atoms with Crippen LogP contribution >= 0.6 is 12.4 Å². The lowest BCUT2D eigenvalue weighted by molar-refractivity contribution is 0.414. The summed E-state index contributed by atoms with van der Waals surface area (Å²) in [6.07, 6.45) is 2.22. The third-order valence-electron chi connectivity index (χ3n) is 2.60. The van der Waals surface area contributed by atoms with E-state index in [-0.39, 0.29) is 18.4 Å². The molecule has 0 saturated heterocycles. The Balaban J connectivity index is 0.00000225. The van der Waals surface area contributed by atoms with Gasteiger partial charge in [0.1, 0.15) is 5.75 Å². The average Bonchev–Trinajstić information content (AvgIpc) is 2.26. The average molecular weight is 244 g/mol. The summed E-state index contributed by atoms with van der Waals surface area (Å²) in [5.41, 5.74) is 7.29. The minimum atomic E-state index is 0. The summed E-state index contributed by atoms with van der Waals surface area (Å²) in [7, 11) is 1.67.